The van der Waals surface area contributed by atoms with Gasteiger partial charge in [-0.25, -0.2) is 0 Å². The molecule has 1 rings (SSSR count). The van der Waals surface area contributed by atoms with Crippen LogP contribution in [-0.2, 0) is 5.60 Å². The number of rotatable bonds is 1. The highest BCUT2D eigenvalue weighted by molar-refractivity contribution is 5.19. The molecule has 1 N–H and O–H groups in total. The lowest BCUT2D eigenvalue weighted by Gasteiger charge is -2.15. The second-order valence-corrected chi connectivity index (χ2v) is 3.28. The van der Waals surface area contributed by atoms with Gasteiger partial charge in [-0.2, -0.15) is 0 Å². The molecule has 0 radical (unpaired) electrons. The lowest BCUT2D eigenvalue weighted by Crippen LogP contribution is -2.16. The summed E-state index contributed by atoms with van der Waals surface area (Å²) in [5, 5.41) is 9.59. The molecule has 0 bridgehead atoms. The van der Waals surface area contributed by atoms with Gasteiger partial charge in [0.25, 0.3) is 0 Å². The molecule has 0 fully saturated rings. The first kappa shape index (κ1) is 8.94. The van der Waals surface area contributed by atoms with E-state index in [4.69, 9.17) is 0 Å². The Morgan fingerprint density at radius 3 is 2.42 bits per heavy atom. The molecular weight excluding hydrogens is 152 g/mol. The second-order valence-electron chi connectivity index (χ2n) is 3.28. The monoisotopic (exact) mass is 164 g/mol. The molecule has 0 aliphatic heterocycles. The molecule has 0 atom stereocenters. The Labute approximate surface area is 71.5 Å². The minimum absolute atomic E-state index is 0.0860. The van der Waals surface area contributed by atoms with Crippen molar-refractivity contribution in [2.75, 3.05) is 0 Å². The van der Waals surface area contributed by atoms with Crippen LogP contribution >= 0.6 is 0 Å². The zero-order valence-electron chi connectivity index (χ0n) is 7.24. The van der Waals surface area contributed by atoms with Gasteiger partial charge in [0, 0.05) is 0 Å². The summed E-state index contributed by atoms with van der Waals surface area (Å²) in [6.07, 6.45) is 0. The Morgan fingerprint density at radius 2 is 1.83 bits per heavy atom. The Kier molecular flexibility index (Phi) is 2.29. The molecular formula is C10H12O2. The quantitative estimate of drug-likeness (QED) is 0.678. The molecule has 0 saturated carbocycles. The van der Waals surface area contributed by atoms with Crippen molar-refractivity contribution >= 4 is 0 Å². The molecule has 0 unspecified atom stereocenters. The lowest BCUT2D eigenvalue weighted by atomic mass is 10.0. The van der Waals surface area contributed by atoms with Crippen LogP contribution in [0.3, 0.4) is 0 Å². The van der Waals surface area contributed by atoms with Crippen molar-refractivity contribution in [3.05, 3.63) is 46.1 Å². The van der Waals surface area contributed by atoms with Crippen molar-refractivity contribution < 1.29 is 5.11 Å². The summed E-state index contributed by atoms with van der Waals surface area (Å²) < 4.78 is 0. The summed E-state index contributed by atoms with van der Waals surface area (Å²) in [5.74, 6) is 0. The van der Waals surface area contributed by atoms with Gasteiger partial charge in [0.05, 0.1) is 5.60 Å². The van der Waals surface area contributed by atoms with Gasteiger partial charge in [0.1, 0.15) is 0 Å². The normalized spacial score (nSPS) is 11.2. The van der Waals surface area contributed by atoms with Crippen LogP contribution in [0.5, 0.6) is 0 Å². The molecule has 12 heavy (non-hydrogen) atoms. The van der Waals surface area contributed by atoms with Crippen molar-refractivity contribution in [2.24, 2.45) is 0 Å². The largest absolute Gasteiger partial charge is 0.386 e. The number of aliphatic hydroxyl groups is 1. The first-order chi connectivity index (χ1) is 5.50. The smallest absolute Gasteiger partial charge is 0.179 e. The first-order valence-electron chi connectivity index (χ1n) is 3.83. The maximum absolute atomic E-state index is 11.0. The average molecular weight is 164 g/mol. The minimum Gasteiger partial charge on any atom is -0.386 e. The summed E-state index contributed by atoms with van der Waals surface area (Å²) in [6.45, 7) is 3.31. The van der Waals surface area contributed by atoms with E-state index in [1.54, 1.807) is 32.0 Å². The van der Waals surface area contributed by atoms with Crippen LogP contribution < -0.4 is 5.43 Å². The standard InChI is InChI=1S/C10H12O2/c1-10(2,12)8-5-3-4-6-9(11)7-8/h3-7,12H,1-2H3. The maximum Gasteiger partial charge on any atom is 0.179 e. The van der Waals surface area contributed by atoms with Crippen molar-refractivity contribution in [2.45, 2.75) is 19.4 Å². The van der Waals surface area contributed by atoms with E-state index in [9.17, 15) is 9.90 Å². The van der Waals surface area contributed by atoms with Crippen LogP contribution in [0.15, 0.2) is 35.1 Å². The van der Waals surface area contributed by atoms with Gasteiger partial charge in [0.2, 0.25) is 0 Å². The van der Waals surface area contributed by atoms with E-state index in [1.165, 1.54) is 12.1 Å². The van der Waals surface area contributed by atoms with E-state index in [2.05, 4.69) is 0 Å². The Balaban J connectivity index is 3.30. The zero-order chi connectivity index (χ0) is 9.19. The minimum atomic E-state index is -0.946. The summed E-state index contributed by atoms with van der Waals surface area (Å²) in [5.41, 5.74) is -0.396. The summed E-state index contributed by atoms with van der Waals surface area (Å²) in [7, 11) is 0. The fourth-order valence-corrected chi connectivity index (χ4v) is 0.940. The molecule has 64 valence electrons. The van der Waals surface area contributed by atoms with Gasteiger partial charge in [-0.05, 0) is 31.5 Å². The topological polar surface area (TPSA) is 37.3 Å². The SMILES string of the molecule is CC(C)(O)c1ccccc(=O)c1. The third-order valence-corrected chi connectivity index (χ3v) is 1.65. The van der Waals surface area contributed by atoms with E-state index >= 15 is 0 Å². The fourth-order valence-electron chi connectivity index (χ4n) is 0.940. The Hall–Kier alpha value is -1.15. The van der Waals surface area contributed by atoms with E-state index in [1.807, 2.05) is 0 Å². The molecule has 1 aromatic rings. The summed E-state index contributed by atoms with van der Waals surface area (Å²) in [6, 6.07) is 8.06. The van der Waals surface area contributed by atoms with Crippen molar-refractivity contribution in [3.8, 4) is 0 Å². The van der Waals surface area contributed by atoms with E-state index < -0.39 is 5.60 Å². The van der Waals surface area contributed by atoms with Crippen molar-refractivity contribution in [3.63, 3.8) is 0 Å². The molecule has 0 heterocycles. The van der Waals surface area contributed by atoms with Crippen molar-refractivity contribution in [1.82, 2.24) is 0 Å². The molecule has 1 aromatic carbocycles. The summed E-state index contributed by atoms with van der Waals surface area (Å²) >= 11 is 0. The molecule has 0 aliphatic rings. The lowest BCUT2D eigenvalue weighted by molar-refractivity contribution is 0.0786. The molecule has 2 heteroatoms. The van der Waals surface area contributed by atoms with Crippen LogP contribution in [0.1, 0.15) is 19.4 Å². The predicted octanol–water partition coefficient (Wildman–Crippen LogP) is 1.27. The molecule has 0 amide bonds. The highest BCUT2D eigenvalue weighted by Gasteiger charge is 2.14. The number of hydrogen-bond donors (Lipinski definition) is 1. The van der Waals surface area contributed by atoms with Crippen LogP contribution in [0.2, 0.25) is 0 Å². The highest BCUT2D eigenvalue weighted by atomic mass is 16.3. The van der Waals surface area contributed by atoms with Gasteiger partial charge >= 0.3 is 0 Å². The van der Waals surface area contributed by atoms with E-state index in [0.717, 1.165) is 0 Å². The predicted molar refractivity (Wildman–Crippen MR) is 48.0 cm³/mol. The van der Waals surface area contributed by atoms with Gasteiger partial charge in [0.15, 0.2) is 5.43 Å². The average Bonchev–Trinajstić information content (AvgIpc) is 2.11. The molecule has 0 aliphatic carbocycles. The molecule has 0 aromatic heterocycles. The van der Waals surface area contributed by atoms with Gasteiger partial charge in [-0.1, -0.05) is 18.2 Å². The van der Waals surface area contributed by atoms with Crippen LogP contribution in [0.4, 0.5) is 0 Å². The van der Waals surface area contributed by atoms with E-state index in [0.29, 0.717) is 5.56 Å². The third kappa shape index (κ3) is 2.17. The summed E-state index contributed by atoms with van der Waals surface area (Å²) in [4.78, 5) is 11.0. The molecule has 2 nitrogen and oxygen atoms in total. The molecule has 0 saturated heterocycles. The fraction of sp³-hybridized carbons (Fsp3) is 0.300. The van der Waals surface area contributed by atoms with Crippen LogP contribution in [0.25, 0.3) is 0 Å². The van der Waals surface area contributed by atoms with Crippen LogP contribution in [0, 0.1) is 0 Å². The first-order valence-corrected chi connectivity index (χ1v) is 3.83. The van der Waals surface area contributed by atoms with Crippen molar-refractivity contribution in [1.29, 1.82) is 0 Å². The number of hydrogen-bond acceptors (Lipinski definition) is 2. The Morgan fingerprint density at radius 1 is 1.25 bits per heavy atom. The maximum atomic E-state index is 11.0. The second kappa shape index (κ2) is 3.07. The van der Waals surface area contributed by atoms with Crippen LogP contribution in [-0.4, -0.2) is 5.11 Å². The van der Waals surface area contributed by atoms with Gasteiger partial charge in [-0.3, -0.25) is 4.79 Å². The highest BCUT2D eigenvalue weighted by Crippen LogP contribution is 2.16. The van der Waals surface area contributed by atoms with Gasteiger partial charge < -0.3 is 5.11 Å². The van der Waals surface area contributed by atoms with E-state index in [-0.39, 0.29) is 5.43 Å². The third-order valence-electron chi connectivity index (χ3n) is 1.65. The molecule has 0 spiro atoms. The van der Waals surface area contributed by atoms with Gasteiger partial charge in [-0.15, -0.1) is 0 Å². The Bertz CT molecular complexity index is 323. The zero-order valence-corrected chi connectivity index (χ0v) is 7.24.